The lowest BCUT2D eigenvalue weighted by molar-refractivity contribution is -0.121. The molecule has 0 radical (unpaired) electrons. The van der Waals surface area contributed by atoms with E-state index < -0.39 is 0 Å². The third-order valence-corrected chi connectivity index (χ3v) is 3.74. The van der Waals surface area contributed by atoms with Gasteiger partial charge in [0, 0.05) is 24.9 Å². The standard InChI is InChI=1S/C13H16N2O/c14-6-5-11(16)15-13-10-7-8-3-1-2-4-9(8)12(10)13/h1-4,10,12-13H,5-7,14H2,(H,15,16). The zero-order chi connectivity index (χ0) is 11.1. The van der Waals surface area contributed by atoms with Crippen LogP contribution < -0.4 is 11.1 Å². The minimum absolute atomic E-state index is 0.0966. The molecule has 1 amide bonds. The average molecular weight is 216 g/mol. The van der Waals surface area contributed by atoms with Crippen LogP contribution in [0.25, 0.3) is 0 Å². The summed E-state index contributed by atoms with van der Waals surface area (Å²) in [6.45, 7) is 0.435. The van der Waals surface area contributed by atoms with Crippen LogP contribution in [0.3, 0.4) is 0 Å². The van der Waals surface area contributed by atoms with Crippen LogP contribution in [0.1, 0.15) is 23.5 Å². The molecule has 3 N–H and O–H groups in total. The number of nitrogens with one attached hydrogen (secondary N) is 1. The summed E-state index contributed by atoms with van der Waals surface area (Å²) in [7, 11) is 0. The fourth-order valence-corrected chi connectivity index (χ4v) is 2.94. The Labute approximate surface area is 95.0 Å². The van der Waals surface area contributed by atoms with Gasteiger partial charge in [0.15, 0.2) is 0 Å². The first-order chi connectivity index (χ1) is 7.81. The third-order valence-electron chi connectivity index (χ3n) is 3.74. The fraction of sp³-hybridized carbons (Fsp3) is 0.462. The van der Waals surface area contributed by atoms with Crippen molar-refractivity contribution in [2.45, 2.75) is 24.8 Å². The van der Waals surface area contributed by atoms with Crippen molar-refractivity contribution in [3.8, 4) is 0 Å². The number of carbonyl (C=O) groups is 1. The molecule has 1 aromatic carbocycles. The molecule has 1 fully saturated rings. The highest BCUT2D eigenvalue weighted by Gasteiger charge is 2.55. The molecule has 1 aromatic rings. The Balaban J connectivity index is 1.68. The van der Waals surface area contributed by atoms with Crippen molar-refractivity contribution in [3.05, 3.63) is 35.4 Å². The Bertz CT molecular complexity index is 430. The van der Waals surface area contributed by atoms with Gasteiger partial charge in [0.2, 0.25) is 5.91 Å². The van der Waals surface area contributed by atoms with Crippen LogP contribution in [0.5, 0.6) is 0 Å². The van der Waals surface area contributed by atoms with E-state index in [0.29, 0.717) is 30.8 Å². The highest BCUT2D eigenvalue weighted by molar-refractivity contribution is 5.77. The summed E-state index contributed by atoms with van der Waals surface area (Å²) in [4.78, 5) is 11.4. The maximum absolute atomic E-state index is 11.4. The van der Waals surface area contributed by atoms with Crippen molar-refractivity contribution < 1.29 is 4.79 Å². The number of rotatable bonds is 3. The molecule has 1 saturated carbocycles. The van der Waals surface area contributed by atoms with Gasteiger partial charge in [0.05, 0.1) is 0 Å². The van der Waals surface area contributed by atoms with Crippen LogP contribution in [0.4, 0.5) is 0 Å². The second kappa shape index (κ2) is 3.59. The van der Waals surface area contributed by atoms with Gasteiger partial charge in [-0.2, -0.15) is 0 Å². The monoisotopic (exact) mass is 216 g/mol. The Hall–Kier alpha value is -1.35. The summed E-state index contributed by atoms with van der Waals surface area (Å²) >= 11 is 0. The highest BCUT2D eigenvalue weighted by atomic mass is 16.1. The molecule has 3 atom stereocenters. The average Bonchev–Trinajstić information content (AvgIpc) is 2.80. The lowest BCUT2D eigenvalue weighted by Crippen LogP contribution is -2.30. The van der Waals surface area contributed by atoms with Crippen LogP contribution in [0.15, 0.2) is 24.3 Å². The molecule has 3 nitrogen and oxygen atoms in total. The van der Waals surface area contributed by atoms with Gasteiger partial charge in [-0.3, -0.25) is 4.79 Å². The van der Waals surface area contributed by atoms with Crippen molar-refractivity contribution in [2.75, 3.05) is 6.54 Å². The zero-order valence-electron chi connectivity index (χ0n) is 9.15. The molecule has 3 unspecified atom stereocenters. The van der Waals surface area contributed by atoms with Gasteiger partial charge in [0.25, 0.3) is 0 Å². The lowest BCUT2D eigenvalue weighted by atomic mass is 10.1. The third kappa shape index (κ3) is 1.43. The summed E-state index contributed by atoms with van der Waals surface area (Å²) in [6.07, 6.45) is 1.56. The molecule has 0 heterocycles. The number of benzene rings is 1. The van der Waals surface area contributed by atoms with Gasteiger partial charge in [-0.05, 0) is 23.5 Å². The predicted molar refractivity (Wildman–Crippen MR) is 62.0 cm³/mol. The predicted octanol–water partition coefficient (Wildman–Crippen LogP) is 0.790. The highest BCUT2D eigenvalue weighted by Crippen LogP contribution is 2.56. The number of hydrogen-bond donors (Lipinski definition) is 2. The van der Waals surface area contributed by atoms with Crippen molar-refractivity contribution in [3.63, 3.8) is 0 Å². The first kappa shape index (κ1) is 9.85. The molecule has 0 aromatic heterocycles. The SMILES string of the molecule is NCCC(=O)NC1C2Cc3ccccc3C21. The van der Waals surface area contributed by atoms with Crippen LogP contribution in [0, 0.1) is 5.92 Å². The van der Waals surface area contributed by atoms with E-state index in [4.69, 9.17) is 5.73 Å². The van der Waals surface area contributed by atoms with Crippen LogP contribution in [-0.2, 0) is 11.2 Å². The molecule has 0 bridgehead atoms. The van der Waals surface area contributed by atoms with E-state index in [1.165, 1.54) is 11.1 Å². The molecule has 2 aliphatic carbocycles. The largest absolute Gasteiger partial charge is 0.352 e. The molecule has 2 aliphatic rings. The number of amides is 1. The molecule has 0 aliphatic heterocycles. The number of hydrogen-bond acceptors (Lipinski definition) is 2. The maximum Gasteiger partial charge on any atom is 0.221 e. The summed E-state index contributed by atoms with van der Waals surface area (Å²) in [5.41, 5.74) is 8.25. The molecular weight excluding hydrogens is 200 g/mol. The topological polar surface area (TPSA) is 55.1 Å². The molecule has 3 heteroatoms. The zero-order valence-corrected chi connectivity index (χ0v) is 9.15. The Morgan fingerprint density at radius 3 is 3.06 bits per heavy atom. The van der Waals surface area contributed by atoms with E-state index in [-0.39, 0.29) is 5.91 Å². The first-order valence-corrected chi connectivity index (χ1v) is 5.88. The van der Waals surface area contributed by atoms with Crippen molar-refractivity contribution in [1.82, 2.24) is 5.32 Å². The smallest absolute Gasteiger partial charge is 0.221 e. The van der Waals surface area contributed by atoms with Gasteiger partial charge in [-0.25, -0.2) is 0 Å². The van der Waals surface area contributed by atoms with Crippen molar-refractivity contribution >= 4 is 5.91 Å². The molecule has 0 saturated heterocycles. The van der Waals surface area contributed by atoms with E-state index in [9.17, 15) is 4.79 Å². The van der Waals surface area contributed by atoms with Crippen LogP contribution in [0.2, 0.25) is 0 Å². The minimum atomic E-state index is 0.0966. The maximum atomic E-state index is 11.4. The Morgan fingerprint density at radius 1 is 1.44 bits per heavy atom. The molecule has 0 spiro atoms. The molecule has 3 rings (SSSR count). The second-order valence-electron chi connectivity index (χ2n) is 4.72. The number of nitrogens with two attached hydrogens (primary N) is 1. The molecule has 84 valence electrons. The summed E-state index contributed by atoms with van der Waals surface area (Å²) in [5.74, 6) is 1.30. The quantitative estimate of drug-likeness (QED) is 0.785. The van der Waals surface area contributed by atoms with E-state index in [1.54, 1.807) is 0 Å². The van der Waals surface area contributed by atoms with Crippen molar-refractivity contribution in [1.29, 1.82) is 0 Å². The second-order valence-corrected chi connectivity index (χ2v) is 4.72. The Morgan fingerprint density at radius 2 is 2.25 bits per heavy atom. The van der Waals surface area contributed by atoms with Gasteiger partial charge >= 0.3 is 0 Å². The number of fused-ring (bicyclic) bond motifs is 3. The van der Waals surface area contributed by atoms with Gasteiger partial charge in [-0.15, -0.1) is 0 Å². The summed E-state index contributed by atoms with van der Waals surface area (Å²) in [6, 6.07) is 8.92. The van der Waals surface area contributed by atoms with E-state index in [1.807, 2.05) is 0 Å². The van der Waals surface area contributed by atoms with Crippen LogP contribution >= 0.6 is 0 Å². The molecule has 16 heavy (non-hydrogen) atoms. The van der Waals surface area contributed by atoms with Crippen molar-refractivity contribution in [2.24, 2.45) is 11.7 Å². The lowest BCUT2D eigenvalue weighted by Gasteiger charge is -2.08. The number of carbonyl (C=O) groups excluding carboxylic acids is 1. The normalized spacial score (nSPS) is 29.4. The van der Waals surface area contributed by atoms with E-state index >= 15 is 0 Å². The van der Waals surface area contributed by atoms with Gasteiger partial charge < -0.3 is 11.1 Å². The summed E-state index contributed by atoms with van der Waals surface area (Å²) in [5, 5.41) is 3.08. The van der Waals surface area contributed by atoms with E-state index in [0.717, 1.165) is 6.42 Å². The van der Waals surface area contributed by atoms with Crippen LogP contribution in [-0.4, -0.2) is 18.5 Å². The van der Waals surface area contributed by atoms with E-state index in [2.05, 4.69) is 29.6 Å². The Kier molecular flexibility index (Phi) is 2.21. The fourth-order valence-electron chi connectivity index (χ4n) is 2.94. The van der Waals surface area contributed by atoms with Gasteiger partial charge in [-0.1, -0.05) is 24.3 Å². The van der Waals surface area contributed by atoms with Gasteiger partial charge in [0.1, 0.15) is 0 Å². The first-order valence-electron chi connectivity index (χ1n) is 5.88. The molecular formula is C13H16N2O. The summed E-state index contributed by atoms with van der Waals surface area (Å²) < 4.78 is 0. The minimum Gasteiger partial charge on any atom is -0.352 e.